The molecule has 1 saturated heterocycles. The molecule has 0 spiro atoms. The first-order valence-electron chi connectivity index (χ1n) is 7.70. The fourth-order valence-electron chi connectivity index (χ4n) is 3.63. The van der Waals surface area contributed by atoms with Crippen molar-refractivity contribution in [3.05, 3.63) is 0 Å². The van der Waals surface area contributed by atoms with E-state index in [0.717, 1.165) is 17.9 Å². The van der Waals surface area contributed by atoms with Crippen LogP contribution in [0.25, 0.3) is 0 Å². The summed E-state index contributed by atoms with van der Waals surface area (Å²) in [7, 11) is 2.35. The maximum Gasteiger partial charge on any atom is 0.0116 e. The normalized spacial score (nSPS) is 31.9. The molecule has 0 bridgehead atoms. The summed E-state index contributed by atoms with van der Waals surface area (Å²) in [5, 5.41) is 3.46. The minimum atomic E-state index is 0.847. The van der Waals surface area contributed by atoms with Gasteiger partial charge in [-0.05, 0) is 57.7 Å². The third kappa shape index (κ3) is 3.96. The lowest BCUT2D eigenvalue weighted by Gasteiger charge is -2.36. The van der Waals surface area contributed by atoms with Crippen LogP contribution in [0, 0.1) is 11.8 Å². The van der Waals surface area contributed by atoms with Crippen LogP contribution < -0.4 is 5.32 Å². The molecule has 2 heteroatoms. The second-order valence-corrected chi connectivity index (χ2v) is 6.22. The quantitative estimate of drug-likeness (QED) is 0.810. The summed E-state index contributed by atoms with van der Waals surface area (Å²) in [5.74, 6) is 2.02. The summed E-state index contributed by atoms with van der Waals surface area (Å²) in [4.78, 5) is 2.65. The van der Waals surface area contributed by atoms with E-state index in [-0.39, 0.29) is 0 Å². The zero-order valence-corrected chi connectivity index (χ0v) is 11.8. The van der Waals surface area contributed by atoms with Crippen molar-refractivity contribution in [3.63, 3.8) is 0 Å². The van der Waals surface area contributed by atoms with Gasteiger partial charge in [0.25, 0.3) is 0 Å². The first-order valence-corrected chi connectivity index (χ1v) is 7.70. The molecule has 2 aliphatic rings. The van der Waals surface area contributed by atoms with Gasteiger partial charge in [-0.15, -0.1) is 0 Å². The van der Waals surface area contributed by atoms with Crippen molar-refractivity contribution in [1.82, 2.24) is 10.2 Å². The zero-order chi connectivity index (χ0) is 12.1. The highest BCUT2D eigenvalue weighted by molar-refractivity contribution is 4.79. The Morgan fingerprint density at radius 3 is 2.12 bits per heavy atom. The smallest absolute Gasteiger partial charge is 0.0116 e. The fourth-order valence-corrected chi connectivity index (χ4v) is 3.63. The third-order valence-corrected chi connectivity index (χ3v) is 5.02. The Morgan fingerprint density at radius 1 is 0.941 bits per heavy atom. The van der Waals surface area contributed by atoms with E-state index in [4.69, 9.17) is 0 Å². The average molecular weight is 238 g/mol. The molecule has 2 fully saturated rings. The highest BCUT2D eigenvalue weighted by Crippen LogP contribution is 2.31. The molecule has 1 heterocycles. The summed E-state index contributed by atoms with van der Waals surface area (Å²) >= 11 is 0. The van der Waals surface area contributed by atoms with Gasteiger partial charge in [-0.25, -0.2) is 0 Å². The molecular formula is C15H30N2. The molecule has 0 aromatic carbocycles. The number of hydrogen-bond acceptors (Lipinski definition) is 2. The summed E-state index contributed by atoms with van der Waals surface area (Å²) in [6.07, 6.45) is 10.0. The summed E-state index contributed by atoms with van der Waals surface area (Å²) < 4.78 is 0. The van der Waals surface area contributed by atoms with Gasteiger partial charge in [0.05, 0.1) is 0 Å². The molecule has 0 aromatic rings. The van der Waals surface area contributed by atoms with Crippen LogP contribution in [0.3, 0.4) is 0 Å². The predicted octanol–water partition coefficient (Wildman–Crippen LogP) is 2.89. The molecule has 0 amide bonds. The van der Waals surface area contributed by atoms with E-state index < -0.39 is 0 Å². The second-order valence-electron chi connectivity index (χ2n) is 6.22. The Hall–Kier alpha value is -0.0800. The molecule has 2 nitrogen and oxygen atoms in total. The maximum atomic E-state index is 3.46. The van der Waals surface area contributed by atoms with Gasteiger partial charge in [0.1, 0.15) is 0 Å². The molecule has 1 aliphatic carbocycles. The fraction of sp³-hybridized carbons (Fsp3) is 1.00. The SMILES string of the molecule is CCC1CCC(CN(C)C2CCNCC2)CC1. The second kappa shape index (κ2) is 6.75. The molecule has 1 saturated carbocycles. The Morgan fingerprint density at radius 2 is 1.53 bits per heavy atom. The molecule has 0 aromatic heterocycles. The lowest BCUT2D eigenvalue weighted by Crippen LogP contribution is -2.43. The van der Waals surface area contributed by atoms with Gasteiger partial charge in [-0.1, -0.05) is 26.2 Å². The van der Waals surface area contributed by atoms with Crippen LogP contribution in [0.5, 0.6) is 0 Å². The van der Waals surface area contributed by atoms with E-state index in [1.165, 1.54) is 64.6 Å². The highest BCUT2D eigenvalue weighted by Gasteiger charge is 2.24. The van der Waals surface area contributed by atoms with E-state index in [9.17, 15) is 0 Å². The molecule has 17 heavy (non-hydrogen) atoms. The number of nitrogens with one attached hydrogen (secondary N) is 1. The lowest BCUT2D eigenvalue weighted by molar-refractivity contribution is 0.144. The van der Waals surface area contributed by atoms with E-state index in [2.05, 4.69) is 24.2 Å². The van der Waals surface area contributed by atoms with Gasteiger partial charge in [-0.2, -0.15) is 0 Å². The van der Waals surface area contributed by atoms with E-state index in [1.807, 2.05) is 0 Å². The van der Waals surface area contributed by atoms with E-state index in [1.54, 1.807) is 0 Å². The van der Waals surface area contributed by atoms with Crippen LogP contribution in [0.1, 0.15) is 51.9 Å². The number of piperidine rings is 1. The van der Waals surface area contributed by atoms with Crippen molar-refractivity contribution in [1.29, 1.82) is 0 Å². The van der Waals surface area contributed by atoms with Gasteiger partial charge in [0.2, 0.25) is 0 Å². The van der Waals surface area contributed by atoms with Crippen LogP contribution in [0.2, 0.25) is 0 Å². The molecule has 2 rings (SSSR count). The maximum absolute atomic E-state index is 3.46. The van der Waals surface area contributed by atoms with Crippen molar-refractivity contribution >= 4 is 0 Å². The molecule has 0 atom stereocenters. The molecule has 0 unspecified atom stereocenters. The topological polar surface area (TPSA) is 15.3 Å². The van der Waals surface area contributed by atoms with Crippen LogP contribution in [-0.4, -0.2) is 37.6 Å². The van der Waals surface area contributed by atoms with Crippen LogP contribution >= 0.6 is 0 Å². The third-order valence-electron chi connectivity index (χ3n) is 5.02. The summed E-state index contributed by atoms with van der Waals surface area (Å²) in [5.41, 5.74) is 0. The molecule has 1 aliphatic heterocycles. The lowest BCUT2D eigenvalue weighted by atomic mass is 9.80. The van der Waals surface area contributed by atoms with Gasteiger partial charge in [0.15, 0.2) is 0 Å². The molecule has 100 valence electrons. The zero-order valence-electron chi connectivity index (χ0n) is 11.8. The Kier molecular flexibility index (Phi) is 5.30. The van der Waals surface area contributed by atoms with Crippen LogP contribution in [0.15, 0.2) is 0 Å². The Bertz CT molecular complexity index is 203. The summed E-state index contributed by atoms with van der Waals surface area (Å²) in [6, 6.07) is 0.847. The molecule has 1 N–H and O–H groups in total. The van der Waals surface area contributed by atoms with Crippen molar-refractivity contribution < 1.29 is 0 Å². The van der Waals surface area contributed by atoms with Gasteiger partial charge < -0.3 is 10.2 Å². The summed E-state index contributed by atoms with van der Waals surface area (Å²) in [6.45, 7) is 6.14. The van der Waals surface area contributed by atoms with Gasteiger partial charge >= 0.3 is 0 Å². The van der Waals surface area contributed by atoms with Gasteiger partial charge in [-0.3, -0.25) is 0 Å². The first kappa shape index (κ1) is 13.4. The van der Waals surface area contributed by atoms with Crippen molar-refractivity contribution in [2.24, 2.45) is 11.8 Å². The first-order chi connectivity index (χ1) is 8.29. The minimum absolute atomic E-state index is 0.847. The average Bonchev–Trinajstić information content (AvgIpc) is 2.40. The number of rotatable bonds is 4. The monoisotopic (exact) mass is 238 g/mol. The van der Waals surface area contributed by atoms with E-state index >= 15 is 0 Å². The molecular weight excluding hydrogens is 208 g/mol. The van der Waals surface area contributed by atoms with Crippen molar-refractivity contribution in [3.8, 4) is 0 Å². The van der Waals surface area contributed by atoms with Crippen molar-refractivity contribution in [2.75, 3.05) is 26.7 Å². The predicted molar refractivity (Wildman–Crippen MR) is 74.3 cm³/mol. The standard InChI is InChI=1S/C15H30N2/c1-3-13-4-6-14(7-5-13)12-17(2)15-8-10-16-11-9-15/h13-16H,3-12H2,1-2H3. The number of nitrogens with zero attached hydrogens (tertiary/aromatic N) is 1. The van der Waals surface area contributed by atoms with E-state index in [0.29, 0.717) is 0 Å². The molecule has 0 radical (unpaired) electrons. The Labute approximate surface area is 107 Å². The van der Waals surface area contributed by atoms with Crippen LogP contribution in [0.4, 0.5) is 0 Å². The minimum Gasteiger partial charge on any atom is -0.317 e. The largest absolute Gasteiger partial charge is 0.317 e. The highest BCUT2D eigenvalue weighted by atomic mass is 15.1. The van der Waals surface area contributed by atoms with Gasteiger partial charge in [0, 0.05) is 12.6 Å². The number of hydrogen-bond donors (Lipinski definition) is 1. The Balaban J connectivity index is 1.69. The van der Waals surface area contributed by atoms with Crippen LogP contribution in [-0.2, 0) is 0 Å². The van der Waals surface area contributed by atoms with Crippen molar-refractivity contribution in [2.45, 2.75) is 57.9 Å².